The molecule has 0 amide bonds. The van der Waals surface area contributed by atoms with Gasteiger partial charge in [-0.25, -0.2) is 4.39 Å². The van der Waals surface area contributed by atoms with Gasteiger partial charge in [0.25, 0.3) is 0 Å². The average Bonchev–Trinajstić information content (AvgIpc) is 3.05. The predicted molar refractivity (Wildman–Crippen MR) is 63.9 cm³/mol. The highest BCUT2D eigenvalue weighted by Gasteiger charge is 2.27. The SMILES string of the molecule is CNCC(O)c1cc(F)cc(Cl)c1OC1CC1. The first-order chi connectivity index (χ1) is 8.11. The van der Waals surface area contributed by atoms with Crippen molar-refractivity contribution in [3.05, 3.63) is 28.5 Å². The lowest BCUT2D eigenvalue weighted by molar-refractivity contribution is 0.169. The van der Waals surface area contributed by atoms with Crippen molar-refractivity contribution in [3.8, 4) is 5.75 Å². The van der Waals surface area contributed by atoms with Gasteiger partial charge in [-0.15, -0.1) is 0 Å². The molecule has 94 valence electrons. The van der Waals surface area contributed by atoms with Gasteiger partial charge < -0.3 is 15.2 Å². The van der Waals surface area contributed by atoms with Crippen LogP contribution in [0.2, 0.25) is 5.02 Å². The summed E-state index contributed by atoms with van der Waals surface area (Å²) in [5, 5.41) is 13.0. The third kappa shape index (κ3) is 3.09. The number of ether oxygens (including phenoxy) is 1. The van der Waals surface area contributed by atoms with E-state index in [0.717, 1.165) is 12.8 Å². The third-order valence-corrected chi connectivity index (χ3v) is 2.88. The van der Waals surface area contributed by atoms with Crippen LogP contribution in [0.15, 0.2) is 12.1 Å². The van der Waals surface area contributed by atoms with Crippen LogP contribution in [0.5, 0.6) is 5.75 Å². The van der Waals surface area contributed by atoms with E-state index in [1.807, 2.05) is 0 Å². The van der Waals surface area contributed by atoms with Crippen LogP contribution in [0.3, 0.4) is 0 Å². The van der Waals surface area contributed by atoms with Gasteiger partial charge in [-0.1, -0.05) is 11.6 Å². The van der Waals surface area contributed by atoms with Gasteiger partial charge in [-0.05, 0) is 32.0 Å². The zero-order valence-corrected chi connectivity index (χ0v) is 10.3. The molecule has 5 heteroatoms. The van der Waals surface area contributed by atoms with E-state index in [1.165, 1.54) is 12.1 Å². The molecule has 3 nitrogen and oxygen atoms in total. The minimum atomic E-state index is -0.832. The van der Waals surface area contributed by atoms with Gasteiger partial charge in [0.05, 0.1) is 17.2 Å². The van der Waals surface area contributed by atoms with Crippen LogP contribution in [0.4, 0.5) is 4.39 Å². The summed E-state index contributed by atoms with van der Waals surface area (Å²) in [7, 11) is 1.71. The van der Waals surface area contributed by atoms with Crippen molar-refractivity contribution >= 4 is 11.6 Å². The standard InChI is InChI=1S/C12H15ClFNO2/c1-15-6-11(16)9-4-7(14)5-10(13)12(9)17-8-2-3-8/h4-5,8,11,15-16H,2-3,6H2,1H3. The number of rotatable bonds is 5. The first kappa shape index (κ1) is 12.6. The Labute approximate surface area is 105 Å². The van der Waals surface area contributed by atoms with E-state index in [4.69, 9.17) is 16.3 Å². The minimum Gasteiger partial charge on any atom is -0.488 e. The van der Waals surface area contributed by atoms with Gasteiger partial charge in [-0.3, -0.25) is 0 Å². The minimum absolute atomic E-state index is 0.151. The van der Waals surface area contributed by atoms with E-state index >= 15 is 0 Å². The van der Waals surface area contributed by atoms with Gasteiger partial charge >= 0.3 is 0 Å². The summed E-state index contributed by atoms with van der Waals surface area (Å²) in [5.41, 5.74) is 0.399. The zero-order valence-electron chi connectivity index (χ0n) is 9.54. The molecule has 1 saturated carbocycles. The number of aliphatic hydroxyl groups is 1. The summed E-state index contributed by atoms with van der Waals surface area (Å²) in [6.45, 7) is 0.320. The Morgan fingerprint density at radius 3 is 2.88 bits per heavy atom. The molecule has 1 aromatic carbocycles. The second-order valence-corrected chi connectivity index (χ2v) is 4.60. The predicted octanol–water partition coefficient (Wildman–Crippen LogP) is 2.27. The maximum absolute atomic E-state index is 13.3. The molecule has 0 saturated heterocycles. The van der Waals surface area contributed by atoms with Crippen molar-refractivity contribution in [2.75, 3.05) is 13.6 Å². The second-order valence-electron chi connectivity index (χ2n) is 4.20. The Hall–Kier alpha value is -0.840. The Balaban J connectivity index is 2.31. The molecule has 0 heterocycles. The van der Waals surface area contributed by atoms with Crippen LogP contribution in [0.25, 0.3) is 0 Å². The molecule has 0 bridgehead atoms. The Bertz CT molecular complexity index is 410. The Morgan fingerprint density at radius 2 is 2.29 bits per heavy atom. The first-order valence-electron chi connectivity index (χ1n) is 5.60. The summed E-state index contributed by atoms with van der Waals surface area (Å²) in [6.07, 6.45) is 1.28. The van der Waals surface area contributed by atoms with Gasteiger partial charge in [0, 0.05) is 12.1 Å². The Morgan fingerprint density at radius 1 is 1.59 bits per heavy atom. The summed E-state index contributed by atoms with van der Waals surface area (Å²) in [6, 6.07) is 2.47. The van der Waals surface area contributed by atoms with Gasteiger partial charge in [0.15, 0.2) is 0 Å². The highest BCUT2D eigenvalue weighted by Crippen LogP contribution is 2.38. The number of hydrogen-bond donors (Lipinski definition) is 2. The lowest BCUT2D eigenvalue weighted by atomic mass is 10.1. The fourth-order valence-electron chi connectivity index (χ4n) is 1.61. The van der Waals surface area contributed by atoms with E-state index in [0.29, 0.717) is 17.9 Å². The molecule has 1 aromatic rings. The summed E-state index contributed by atoms with van der Waals surface area (Å²) in [5.74, 6) is -0.0679. The van der Waals surface area contributed by atoms with E-state index in [9.17, 15) is 9.50 Å². The van der Waals surface area contributed by atoms with Crippen LogP contribution in [-0.2, 0) is 0 Å². The van der Waals surface area contributed by atoms with Crippen LogP contribution < -0.4 is 10.1 Å². The molecular weight excluding hydrogens is 245 g/mol. The summed E-state index contributed by atoms with van der Waals surface area (Å²) >= 11 is 5.95. The highest BCUT2D eigenvalue weighted by molar-refractivity contribution is 6.32. The Kier molecular flexibility index (Phi) is 3.86. The molecule has 0 radical (unpaired) electrons. The van der Waals surface area contributed by atoms with E-state index in [1.54, 1.807) is 7.05 Å². The molecule has 0 spiro atoms. The topological polar surface area (TPSA) is 41.5 Å². The number of hydrogen-bond acceptors (Lipinski definition) is 3. The van der Waals surface area contributed by atoms with Crippen molar-refractivity contribution in [2.24, 2.45) is 0 Å². The van der Waals surface area contributed by atoms with E-state index < -0.39 is 11.9 Å². The number of benzene rings is 1. The van der Waals surface area contributed by atoms with Gasteiger partial charge in [-0.2, -0.15) is 0 Å². The maximum Gasteiger partial charge on any atom is 0.144 e. The molecule has 0 aliphatic heterocycles. The molecule has 1 aliphatic carbocycles. The van der Waals surface area contributed by atoms with Gasteiger partial charge in [0.2, 0.25) is 0 Å². The van der Waals surface area contributed by atoms with Crippen LogP contribution in [0.1, 0.15) is 24.5 Å². The summed E-state index contributed by atoms with van der Waals surface area (Å²) in [4.78, 5) is 0. The molecule has 0 aromatic heterocycles. The van der Waals surface area contributed by atoms with Gasteiger partial charge in [0.1, 0.15) is 11.6 Å². The van der Waals surface area contributed by atoms with Crippen LogP contribution in [0, 0.1) is 5.82 Å². The zero-order chi connectivity index (χ0) is 12.4. The van der Waals surface area contributed by atoms with Crippen molar-refractivity contribution in [1.29, 1.82) is 0 Å². The molecule has 1 aliphatic rings. The van der Waals surface area contributed by atoms with Crippen molar-refractivity contribution in [2.45, 2.75) is 25.0 Å². The average molecular weight is 260 g/mol. The molecule has 17 heavy (non-hydrogen) atoms. The van der Waals surface area contributed by atoms with Crippen LogP contribution >= 0.6 is 11.6 Å². The molecule has 1 unspecified atom stereocenters. The van der Waals surface area contributed by atoms with Crippen LogP contribution in [-0.4, -0.2) is 24.8 Å². The quantitative estimate of drug-likeness (QED) is 0.852. The molecular formula is C12H15ClFNO2. The number of halogens is 2. The highest BCUT2D eigenvalue weighted by atomic mass is 35.5. The lowest BCUT2D eigenvalue weighted by Crippen LogP contribution is -2.18. The maximum atomic E-state index is 13.3. The molecule has 1 fully saturated rings. The van der Waals surface area contributed by atoms with Crippen molar-refractivity contribution in [1.82, 2.24) is 5.32 Å². The second kappa shape index (κ2) is 5.21. The first-order valence-corrected chi connectivity index (χ1v) is 5.98. The van der Waals surface area contributed by atoms with E-state index in [-0.39, 0.29) is 11.1 Å². The van der Waals surface area contributed by atoms with E-state index in [2.05, 4.69) is 5.32 Å². The monoisotopic (exact) mass is 259 g/mol. The van der Waals surface area contributed by atoms with Crippen molar-refractivity contribution in [3.63, 3.8) is 0 Å². The fraction of sp³-hybridized carbons (Fsp3) is 0.500. The largest absolute Gasteiger partial charge is 0.488 e. The lowest BCUT2D eigenvalue weighted by Gasteiger charge is -2.17. The number of likely N-dealkylation sites (N-methyl/N-ethyl adjacent to an activating group) is 1. The molecule has 2 rings (SSSR count). The molecule has 1 atom stereocenters. The summed E-state index contributed by atoms with van der Waals surface area (Å²) < 4.78 is 18.9. The normalized spacial score (nSPS) is 16.9. The fourth-order valence-corrected chi connectivity index (χ4v) is 1.87. The third-order valence-electron chi connectivity index (χ3n) is 2.60. The number of nitrogens with one attached hydrogen (secondary N) is 1. The number of aliphatic hydroxyl groups excluding tert-OH is 1. The molecule has 2 N–H and O–H groups in total. The van der Waals surface area contributed by atoms with Crippen molar-refractivity contribution < 1.29 is 14.2 Å². The smallest absolute Gasteiger partial charge is 0.144 e.